The molecule has 152 valence electrons. The van der Waals surface area contributed by atoms with E-state index in [9.17, 15) is 4.79 Å². The van der Waals surface area contributed by atoms with Gasteiger partial charge in [-0.1, -0.05) is 19.1 Å². The predicted molar refractivity (Wildman–Crippen MR) is 128 cm³/mol. The van der Waals surface area contributed by atoms with Crippen LogP contribution in [-0.2, 0) is 6.42 Å². The van der Waals surface area contributed by atoms with Crippen LogP contribution in [-0.4, -0.2) is 61.5 Å². The Labute approximate surface area is 185 Å². The molecular formula is C20H33IN4OS. The molecule has 1 aliphatic rings. The smallest absolute Gasteiger partial charge is 0.253 e. The van der Waals surface area contributed by atoms with Gasteiger partial charge in [-0.3, -0.25) is 9.79 Å². The predicted octanol–water partition coefficient (Wildman–Crippen LogP) is 3.39. The standard InChI is InChI=1S/C20H32N4OS.HI/c1-5-26-18-10-9-17(14-18)23-20(21-2)22-12-11-15-7-6-8-16(13-15)19(25)24(3)4;/h6-8,13,17-18H,5,9-12,14H2,1-4H3,(H2,21,22,23);1H. The van der Waals surface area contributed by atoms with E-state index < -0.39 is 0 Å². The lowest BCUT2D eigenvalue weighted by Gasteiger charge is -2.17. The van der Waals surface area contributed by atoms with Crippen molar-refractivity contribution in [3.05, 3.63) is 35.4 Å². The van der Waals surface area contributed by atoms with Gasteiger partial charge in [0.05, 0.1) is 0 Å². The van der Waals surface area contributed by atoms with Gasteiger partial charge in [-0.2, -0.15) is 11.8 Å². The van der Waals surface area contributed by atoms with Crippen molar-refractivity contribution < 1.29 is 4.79 Å². The fourth-order valence-electron chi connectivity index (χ4n) is 3.29. The number of rotatable bonds is 7. The molecular weight excluding hydrogens is 471 g/mol. The summed E-state index contributed by atoms with van der Waals surface area (Å²) in [5, 5.41) is 7.73. The molecule has 0 heterocycles. The molecule has 2 rings (SSSR count). The van der Waals surface area contributed by atoms with Crippen LogP contribution in [0.25, 0.3) is 0 Å². The number of thioether (sulfide) groups is 1. The first-order valence-electron chi connectivity index (χ1n) is 9.42. The molecule has 5 nitrogen and oxygen atoms in total. The Morgan fingerprint density at radius 3 is 2.78 bits per heavy atom. The third-order valence-corrected chi connectivity index (χ3v) is 5.87. The van der Waals surface area contributed by atoms with Crippen LogP contribution in [0.4, 0.5) is 0 Å². The quantitative estimate of drug-likeness (QED) is 0.340. The molecule has 2 unspecified atom stereocenters. The largest absolute Gasteiger partial charge is 0.356 e. The number of hydrogen-bond donors (Lipinski definition) is 2. The Kier molecular flexibility index (Phi) is 11.1. The first-order valence-corrected chi connectivity index (χ1v) is 10.5. The number of nitrogens with zero attached hydrogens (tertiary/aromatic N) is 2. The van der Waals surface area contributed by atoms with E-state index in [1.165, 1.54) is 25.0 Å². The summed E-state index contributed by atoms with van der Waals surface area (Å²) < 4.78 is 0. The maximum absolute atomic E-state index is 12.1. The maximum Gasteiger partial charge on any atom is 0.253 e. The zero-order valence-corrected chi connectivity index (χ0v) is 20.0. The summed E-state index contributed by atoms with van der Waals surface area (Å²) in [4.78, 5) is 18.0. The van der Waals surface area contributed by atoms with Crippen molar-refractivity contribution in [2.24, 2.45) is 4.99 Å². The number of halogens is 1. The molecule has 1 aromatic carbocycles. The lowest BCUT2D eigenvalue weighted by Crippen LogP contribution is -2.43. The molecule has 0 aliphatic heterocycles. The van der Waals surface area contributed by atoms with Gasteiger partial charge in [-0.25, -0.2) is 0 Å². The number of guanidine groups is 1. The zero-order chi connectivity index (χ0) is 18.9. The molecule has 1 amide bonds. The van der Waals surface area contributed by atoms with Crippen molar-refractivity contribution in [1.82, 2.24) is 15.5 Å². The highest BCUT2D eigenvalue weighted by molar-refractivity contribution is 14.0. The molecule has 0 bridgehead atoms. The van der Waals surface area contributed by atoms with Gasteiger partial charge in [0.15, 0.2) is 5.96 Å². The molecule has 1 fully saturated rings. The molecule has 0 spiro atoms. The van der Waals surface area contributed by atoms with Crippen molar-refractivity contribution in [1.29, 1.82) is 0 Å². The number of hydrogen-bond acceptors (Lipinski definition) is 3. The van der Waals surface area contributed by atoms with Crippen LogP contribution in [0.5, 0.6) is 0 Å². The first-order chi connectivity index (χ1) is 12.5. The van der Waals surface area contributed by atoms with Gasteiger partial charge in [0.1, 0.15) is 0 Å². The molecule has 7 heteroatoms. The van der Waals surface area contributed by atoms with Crippen LogP contribution in [0.15, 0.2) is 29.3 Å². The Bertz CT molecular complexity index is 624. The highest BCUT2D eigenvalue weighted by Gasteiger charge is 2.24. The summed E-state index contributed by atoms with van der Waals surface area (Å²) in [6, 6.07) is 8.37. The summed E-state index contributed by atoms with van der Waals surface area (Å²) in [7, 11) is 5.37. The third kappa shape index (κ3) is 7.89. The average Bonchev–Trinajstić information content (AvgIpc) is 3.07. The number of carbonyl (C=O) groups excluding carboxylic acids is 1. The Morgan fingerprint density at radius 2 is 2.11 bits per heavy atom. The SMILES string of the molecule is CCSC1CCC(NC(=NC)NCCc2cccc(C(=O)N(C)C)c2)C1.I. The monoisotopic (exact) mass is 504 g/mol. The molecule has 27 heavy (non-hydrogen) atoms. The van der Waals surface area contributed by atoms with E-state index in [1.807, 2.05) is 25.2 Å². The van der Waals surface area contributed by atoms with Crippen LogP contribution in [0.2, 0.25) is 0 Å². The molecule has 1 aliphatic carbocycles. The minimum atomic E-state index is 0. The van der Waals surface area contributed by atoms with E-state index >= 15 is 0 Å². The van der Waals surface area contributed by atoms with Gasteiger partial charge >= 0.3 is 0 Å². The van der Waals surface area contributed by atoms with Gasteiger partial charge < -0.3 is 15.5 Å². The van der Waals surface area contributed by atoms with Crippen LogP contribution >= 0.6 is 35.7 Å². The molecule has 0 radical (unpaired) electrons. The third-order valence-electron chi connectivity index (χ3n) is 4.64. The second-order valence-electron chi connectivity index (χ2n) is 6.88. The lowest BCUT2D eigenvalue weighted by atomic mass is 10.1. The summed E-state index contributed by atoms with van der Waals surface area (Å²) >= 11 is 2.07. The highest BCUT2D eigenvalue weighted by atomic mass is 127. The van der Waals surface area contributed by atoms with Gasteiger partial charge in [0.25, 0.3) is 5.91 Å². The maximum atomic E-state index is 12.1. The van der Waals surface area contributed by atoms with Crippen LogP contribution in [0, 0.1) is 0 Å². The second-order valence-corrected chi connectivity index (χ2v) is 8.46. The first kappa shape index (κ1) is 24.1. The highest BCUT2D eigenvalue weighted by Crippen LogP contribution is 2.29. The topological polar surface area (TPSA) is 56.7 Å². The van der Waals surface area contributed by atoms with Crippen molar-refractivity contribution in [3.8, 4) is 0 Å². The number of benzene rings is 1. The minimum absolute atomic E-state index is 0. The summed E-state index contributed by atoms with van der Waals surface area (Å²) in [5.41, 5.74) is 1.89. The van der Waals surface area contributed by atoms with Crippen LogP contribution in [0.3, 0.4) is 0 Å². The molecule has 0 aromatic heterocycles. The summed E-state index contributed by atoms with van der Waals surface area (Å²) in [6.07, 6.45) is 4.58. The number of amides is 1. The van der Waals surface area contributed by atoms with Gasteiger partial charge in [-0.15, -0.1) is 24.0 Å². The van der Waals surface area contributed by atoms with Crippen molar-refractivity contribution in [2.45, 2.75) is 43.9 Å². The van der Waals surface area contributed by atoms with E-state index in [0.717, 1.165) is 35.3 Å². The van der Waals surface area contributed by atoms with E-state index in [-0.39, 0.29) is 29.9 Å². The lowest BCUT2D eigenvalue weighted by molar-refractivity contribution is 0.0827. The Balaban J connectivity index is 0.00000364. The van der Waals surface area contributed by atoms with Crippen molar-refractivity contribution in [3.63, 3.8) is 0 Å². The fourth-order valence-corrected chi connectivity index (χ4v) is 4.43. The Hall–Kier alpha value is -0.960. The van der Waals surface area contributed by atoms with Crippen LogP contribution in [0.1, 0.15) is 42.1 Å². The second kappa shape index (κ2) is 12.5. The normalized spacial score (nSPS) is 19.3. The van der Waals surface area contributed by atoms with Crippen molar-refractivity contribution >= 4 is 47.6 Å². The molecule has 1 aromatic rings. The molecule has 0 saturated heterocycles. The van der Waals surface area contributed by atoms with E-state index in [4.69, 9.17) is 0 Å². The summed E-state index contributed by atoms with van der Waals surface area (Å²) in [5.74, 6) is 2.11. The van der Waals surface area contributed by atoms with Gasteiger partial charge in [-0.05, 0) is 49.1 Å². The fraction of sp³-hybridized carbons (Fsp3) is 0.600. The molecule has 2 atom stereocenters. The van der Waals surface area contributed by atoms with E-state index in [1.54, 1.807) is 19.0 Å². The number of aliphatic imine (C=N–C) groups is 1. The minimum Gasteiger partial charge on any atom is -0.356 e. The average molecular weight is 504 g/mol. The Morgan fingerprint density at radius 1 is 1.33 bits per heavy atom. The number of carbonyl (C=O) groups is 1. The van der Waals surface area contributed by atoms with E-state index in [0.29, 0.717) is 6.04 Å². The van der Waals surface area contributed by atoms with Crippen LogP contribution < -0.4 is 10.6 Å². The van der Waals surface area contributed by atoms with Crippen molar-refractivity contribution in [2.75, 3.05) is 33.4 Å². The summed E-state index contributed by atoms with van der Waals surface area (Å²) in [6.45, 7) is 3.02. The molecule has 1 saturated carbocycles. The van der Waals surface area contributed by atoms with E-state index in [2.05, 4.69) is 40.4 Å². The molecule has 2 N–H and O–H groups in total. The van der Waals surface area contributed by atoms with Gasteiger partial charge in [0, 0.05) is 44.5 Å². The number of nitrogens with one attached hydrogen (secondary N) is 2. The zero-order valence-electron chi connectivity index (χ0n) is 16.8. The van der Waals surface area contributed by atoms with Gasteiger partial charge in [0.2, 0.25) is 0 Å².